The molecule has 2 aromatic carbocycles. The molecule has 0 aliphatic carbocycles. The summed E-state index contributed by atoms with van der Waals surface area (Å²) < 4.78 is 113. The lowest BCUT2D eigenvalue weighted by molar-refractivity contribution is -0.167. The quantitative estimate of drug-likeness (QED) is 0.434. The Bertz CT molecular complexity index is 1050. The van der Waals surface area contributed by atoms with Gasteiger partial charge in [0.25, 0.3) is 10.0 Å². The highest BCUT2D eigenvalue weighted by Gasteiger charge is 2.38. The van der Waals surface area contributed by atoms with Gasteiger partial charge in [0.15, 0.2) is 0 Å². The summed E-state index contributed by atoms with van der Waals surface area (Å²) in [6.07, 6.45) is -9.90. The zero-order chi connectivity index (χ0) is 24.2. The fraction of sp³-hybridized carbons (Fsp3) is 0.278. The van der Waals surface area contributed by atoms with Crippen molar-refractivity contribution in [3.05, 3.63) is 48.0 Å². The number of nitrogens with one attached hydrogen (secondary N) is 2. The minimum atomic E-state index is -5.14. The highest BCUT2D eigenvalue weighted by Crippen LogP contribution is 2.36. The number of halogens is 6. The van der Waals surface area contributed by atoms with Crippen LogP contribution in [-0.2, 0) is 25.7 Å². The third-order valence-corrected chi connectivity index (χ3v) is 5.16. The van der Waals surface area contributed by atoms with Gasteiger partial charge in [-0.3, -0.25) is 9.52 Å². The van der Waals surface area contributed by atoms with E-state index in [-0.39, 0.29) is 24.7 Å². The Balaban J connectivity index is 2.30. The number of carbonyl (C=O) groups excluding carboxylic acids is 1. The van der Waals surface area contributed by atoms with Crippen LogP contribution in [0.25, 0.3) is 0 Å². The molecule has 0 saturated carbocycles. The van der Waals surface area contributed by atoms with E-state index < -0.39 is 44.4 Å². The van der Waals surface area contributed by atoms with Crippen molar-refractivity contribution >= 4 is 27.3 Å². The minimum Gasteiger partial charge on any atom is -0.489 e. The SMILES string of the molecule is COCCOc1ccc(C(F)(F)F)cc1NS(=O)(=O)c1ccc(NC(=O)C(F)(F)F)cc1. The van der Waals surface area contributed by atoms with E-state index in [9.17, 15) is 39.6 Å². The molecule has 1 amide bonds. The minimum absolute atomic E-state index is 0.0792. The van der Waals surface area contributed by atoms with Crippen molar-refractivity contribution in [1.29, 1.82) is 0 Å². The largest absolute Gasteiger partial charge is 0.489 e. The first-order chi connectivity index (χ1) is 14.7. The van der Waals surface area contributed by atoms with Gasteiger partial charge in [0.05, 0.1) is 22.8 Å². The summed E-state index contributed by atoms with van der Waals surface area (Å²) in [5.74, 6) is -2.46. The number of sulfonamides is 1. The van der Waals surface area contributed by atoms with Crippen LogP contribution in [0.3, 0.4) is 0 Å². The molecule has 0 fully saturated rings. The summed E-state index contributed by atoms with van der Waals surface area (Å²) in [7, 11) is -3.10. The van der Waals surface area contributed by atoms with E-state index in [1.54, 1.807) is 0 Å². The molecule has 7 nitrogen and oxygen atoms in total. The molecule has 0 aromatic heterocycles. The summed E-state index contributed by atoms with van der Waals surface area (Å²) in [4.78, 5) is 10.5. The highest BCUT2D eigenvalue weighted by atomic mass is 32.2. The third kappa shape index (κ3) is 6.75. The van der Waals surface area contributed by atoms with Gasteiger partial charge in [-0.15, -0.1) is 0 Å². The van der Waals surface area contributed by atoms with Crippen molar-refractivity contribution in [3.8, 4) is 5.75 Å². The van der Waals surface area contributed by atoms with Crippen molar-refractivity contribution in [3.63, 3.8) is 0 Å². The standard InChI is InChI=1S/C18H16F6N2O5S/c1-30-8-9-31-15-7-2-11(17(19,20)21)10-14(15)26-32(28,29)13-5-3-12(4-6-13)25-16(27)18(22,23)24/h2-7,10,26H,8-9H2,1H3,(H,25,27). The lowest BCUT2D eigenvalue weighted by Crippen LogP contribution is -2.29. The maximum atomic E-state index is 13.0. The van der Waals surface area contributed by atoms with E-state index in [1.165, 1.54) is 12.4 Å². The summed E-state index contributed by atoms with van der Waals surface area (Å²) in [5, 5.41) is 1.54. The van der Waals surface area contributed by atoms with Gasteiger partial charge in [0.1, 0.15) is 12.4 Å². The molecule has 2 aromatic rings. The van der Waals surface area contributed by atoms with Gasteiger partial charge in [0.2, 0.25) is 0 Å². The maximum Gasteiger partial charge on any atom is 0.471 e. The van der Waals surface area contributed by atoms with Gasteiger partial charge in [-0.2, -0.15) is 26.3 Å². The lowest BCUT2D eigenvalue weighted by Gasteiger charge is -2.16. The fourth-order valence-corrected chi connectivity index (χ4v) is 3.33. The molecule has 0 radical (unpaired) electrons. The molecule has 32 heavy (non-hydrogen) atoms. The number of methoxy groups -OCH3 is 1. The Labute approximate surface area is 178 Å². The van der Waals surface area contributed by atoms with E-state index in [1.807, 2.05) is 4.72 Å². The summed E-state index contributed by atoms with van der Waals surface area (Å²) in [6.45, 7) is 0.00249. The van der Waals surface area contributed by atoms with Crippen LogP contribution in [0.2, 0.25) is 0 Å². The Morgan fingerprint density at radius 1 is 0.969 bits per heavy atom. The van der Waals surface area contributed by atoms with E-state index in [2.05, 4.69) is 0 Å². The smallest absolute Gasteiger partial charge is 0.471 e. The average molecular weight is 486 g/mol. The fourth-order valence-electron chi connectivity index (χ4n) is 2.27. The van der Waals surface area contributed by atoms with E-state index >= 15 is 0 Å². The van der Waals surface area contributed by atoms with Crippen LogP contribution in [-0.4, -0.2) is 40.8 Å². The highest BCUT2D eigenvalue weighted by molar-refractivity contribution is 7.92. The van der Waals surface area contributed by atoms with Crippen LogP contribution < -0.4 is 14.8 Å². The van der Waals surface area contributed by atoms with Crippen molar-refractivity contribution in [2.75, 3.05) is 30.4 Å². The van der Waals surface area contributed by atoms with Crippen LogP contribution in [0, 0.1) is 0 Å². The van der Waals surface area contributed by atoms with Crippen LogP contribution >= 0.6 is 0 Å². The number of carbonyl (C=O) groups is 1. The predicted molar refractivity (Wildman–Crippen MR) is 101 cm³/mol. The van der Waals surface area contributed by atoms with E-state index in [0.717, 1.165) is 30.3 Å². The molecule has 0 bridgehead atoms. The molecule has 0 aliphatic rings. The number of amides is 1. The topological polar surface area (TPSA) is 93.7 Å². The second-order valence-corrected chi connectivity index (χ2v) is 7.81. The molecule has 0 atom stereocenters. The molecule has 0 unspecified atom stereocenters. The number of alkyl halides is 6. The predicted octanol–water partition coefficient (Wildman–Crippen LogP) is 4.03. The molecule has 0 spiro atoms. The summed E-state index contributed by atoms with van der Waals surface area (Å²) >= 11 is 0. The zero-order valence-corrected chi connectivity index (χ0v) is 17.0. The zero-order valence-electron chi connectivity index (χ0n) is 16.2. The number of hydrogen-bond acceptors (Lipinski definition) is 5. The Morgan fingerprint density at radius 3 is 2.12 bits per heavy atom. The first-order valence-electron chi connectivity index (χ1n) is 8.58. The number of rotatable bonds is 8. The van der Waals surface area contributed by atoms with Crippen LogP contribution in [0.1, 0.15) is 5.56 Å². The van der Waals surface area contributed by atoms with Gasteiger partial charge < -0.3 is 14.8 Å². The molecule has 0 saturated heterocycles. The maximum absolute atomic E-state index is 13.0. The van der Waals surface area contributed by atoms with Gasteiger partial charge >= 0.3 is 18.3 Å². The van der Waals surface area contributed by atoms with Gasteiger partial charge in [-0.1, -0.05) is 0 Å². The van der Waals surface area contributed by atoms with E-state index in [0.29, 0.717) is 12.1 Å². The summed E-state index contributed by atoms with van der Waals surface area (Å²) in [6, 6.07) is 5.70. The molecule has 2 rings (SSSR count). The molecular formula is C18H16F6N2O5S. The van der Waals surface area contributed by atoms with Crippen LogP contribution in [0.4, 0.5) is 37.7 Å². The number of ether oxygens (including phenoxy) is 2. The van der Waals surface area contributed by atoms with Crippen LogP contribution in [0.15, 0.2) is 47.4 Å². The van der Waals surface area contributed by atoms with E-state index in [4.69, 9.17) is 9.47 Å². The Kier molecular flexibility index (Phi) is 7.62. The lowest BCUT2D eigenvalue weighted by atomic mass is 10.2. The normalized spacial score (nSPS) is 12.3. The second kappa shape index (κ2) is 9.65. The molecule has 176 valence electrons. The van der Waals surface area contributed by atoms with Crippen molar-refractivity contribution in [1.82, 2.24) is 0 Å². The first-order valence-corrected chi connectivity index (χ1v) is 10.1. The van der Waals surface area contributed by atoms with Crippen LogP contribution in [0.5, 0.6) is 5.75 Å². The summed E-state index contributed by atoms with van der Waals surface area (Å²) in [5.41, 5.74) is -1.99. The molecular weight excluding hydrogens is 470 g/mol. The Morgan fingerprint density at radius 2 is 1.59 bits per heavy atom. The molecule has 2 N–H and O–H groups in total. The third-order valence-electron chi connectivity index (χ3n) is 3.78. The van der Waals surface area contributed by atoms with Crippen molar-refractivity contribution in [2.24, 2.45) is 0 Å². The van der Waals surface area contributed by atoms with Gasteiger partial charge in [-0.05, 0) is 42.5 Å². The molecule has 14 heteroatoms. The van der Waals surface area contributed by atoms with Gasteiger partial charge in [0, 0.05) is 12.8 Å². The molecule has 0 heterocycles. The number of benzene rings is 2. The van der Waals surface area contributed by atoms with Gasteiger partial charge in [-0.25, -0.2) is 8.42 Å². The second-order valence-electron chi connectivity index (χ2n) is 6.13. The number of anilines is 2. The average Bonchev–Trinajstić information content (AvgIpc) is 2.68. The van der Waals surface area contributed by atoms with Crippen molar-refractivity contribution in [2.45, 2.75) is 17.2 Å². The number of hydrogen-bond donors (Lipinski definition) is 2. The van der Waals surface area contributed by atoms with Crippen molar-refractivity contribution < 1.29 is 49.0 Å². The Hall–Kier alpha value is -3.00. The monoisotopic (exact) mass is 486 g/mol. The molecule has 0 aliphatic heterocycles. The first kappa shape index (κ1) is 25.3.